The lowest BCUT2D eigenvalue weighted by Gasteiger charge is -2.12. The first-order valence-corrected chi connectivity index (χ1v) is 8.43. The van der Waals surface area contributed by atoms with Crippen molar-refractivity contribution in [3.63, 3.8) is 0 Å². The topological polar surface area (TPSA) is 71.5 Å². The molecular weight excluding hydrogens is 373 g/mol. The number of aliphatic hydroxyl groups is 1. The van der Waals surface area contributed by atoms with E-state index in [1.165, 1.54) is 18.3 Å². The zero-order valence-corrected chi connectivity index (χ0v) is 14.8. The molecule has 0 spiro atoms. The SMILES string of the molecule is C[C@H](CO)NC(=O)c1ccc2c(Oc3ccc(C(F)(F)F)cc3)nccc2c1. The number of benzene rings is 2. The van der Waals surface area contributed by atoms with E-state index in [1.807, 2.05) is 0 Å². The summed E-state index contributed by atoms with van der Waals surface area (Å²) >= 11 is 0. The third-order valence-electron chi connectivity index (χ3n) is 4.04. The maximum atomic E-state index is 12.7. The zero-order chi connectivity index (χ0) is 20.3. The number of pyridine rings is 1. The van der Waals surface area contributed by atoms with E-state index in [2.05, 4.69) is 10.3 Å². The summed E-state index contributed by atoms with van der Waals surface area (Å²) in [6, 6.07) is 10.5. The Kier molecular flexibility index (Phi) is 5.51. The van der Waals surface area contributed by atoms with Gasteiger partial charge in [0.05, 0.1) is 12.2 Å². The molecule has 8 heteroatoms. The molecule has 2 N–H and O–H groups in total. The summed E-state index contributed by atoms with van der Waals surface area (Å²) in [5.41, 5.74) is -0.363. The van der Waals surface area contributed by atoms with E-state index in [9.17, 15) is 18.0 Å². The molecule has 28 heavy (non-hydrogen) atoms. The van der Waals surface area contributed by atoms with Crippen LogP contribution in [0.2, 0.25) is 0 Å². The van der Waals surface area contributed by atoms with Crippen LogP contribution in [0.3, 0.4) is 0 Å². The Labute approximate surface area is 158 Å². The Bertz CT molecular complexity index is 988. The Morgan fingerprint density at radius 2 is 1.89 bits per heavy atom. The van der Waals surface area contributed by atoms with Crippen molar-refractivity contribution in [2.45, 2.75) is 19.1 Å². The van der Waals surface area contributed by atoms with Crippen molar-refractivity contribution in [2.75, 3.05) is 6.61 Å². The average molecular weight is 390 g/mol. The van der Waals surface area contributed by atoms with E-state index in [0.717, 1.165) is 12.1 Å². The summed E-state index contributed by atoms with van der Waals surface area (Å²) in [4.78, 5) is 16.3. The molecule has 1 heterocycles. The molecule has 0 saturated carbocycles. The molecule has 146 valence electrons. The second-order valence-corrected chi connectivity index (χ2v) is 6.23. The van der Waals surface area contributed by atoms with Crippen molar-refractivity contribution >= 4 is 16.7 Å². The molecule has 3 rings (SSSR count). The van der Waals surface area contributed by atoms with Crippen molar-refractivity contribution in [2.24, 2.45) is 0 Å². The summed E-state index contributed by atoms with van der Waals surface area (Å²) in [5.74, 6) is 0.102. The highest BCUT2D eigenvalue weighted by atomic mass is 19.4. The number of carbonyl (C=O) groups excluding carboxylic acids is 1. The van der Waals surface area contributed by atoms with Crippen LogP contribution in [0.5, 0.6) is 11.6 Å². The Morgan fingerprint density at radius 3 is 2.54 bits per heavy atom. The molecule has 5 nitrogen and oxygen atoms in total. The van der Waals surface area contributed by atoms with Crippen LogP contribution in [0.25, 0.3) is 10.8 Å². The Morgan fingerprint density at radius 1 is 1.18 bits per heavy atom. The van der Waals surface area contributed by atoms with Gasteiger partial charge in [-0.25, -0.2) is 4.98 Å². The fraction of sp³-hybridized carbons (Fsp3) is 0.200. The lowest BCUT2D eigenvalue weighted by atomic mass is 10.1. The van der Waals surface area contributed by atoms with Crippen LogP contribution in [0.15, 0.2) is 54.7 Å². The molecule has 0 radical (unpaired) electrons. The number of aliphatic hydroxyl groups excluding tert-OH is 1. The number of nitrogens with zero attached hydrogens (tertiary/aromatic N) is 1. The number of amides is 1. The number of hydrogen-bond donors (Lipinski definition) is 2. The number of nitrogens with one attached hydrogen (secondary N) is 1. The minimum Gasteiger partial charge on any atom is -0.438 e. The summed E-state index contributed by atoms with van der Waals surface area (Å²) in [7, 11) is 0. The van der Waals surface area contributed by atoms with E-state index in [-0.39, 0.29) is 30.2 Å². The maximum Gasteiger partial charge on any atom is 0.416 e. The monoisotopic (exact) mass is 390 g/mol. The van der Waals surface area contributed by atoms with Crippen molar-refractivity contribution in [3.05, 3.63) is 65.9 Å². The molecule has 1 amide bonds. The van der Waals surface area contributed by atoms with Crippen LogP contribution in [-0.4, -0.2) is 28.6 Å². The summed E-state index contributed by atoms with van der Waals surface area (Å²) in [5, 5.41) is 13.0. The van der Waals surface area contributed by atoms with Crippen LogP contribution >= 0.6 is 0 Å². The molecule has 0 aliphatic heterocycles. The van der Waals surface area contributed by atoms with Gasteiger partial charge in [-0.15, -0.1) is 0 Å². The molecule has 2 aromatic carbocycles. The molecule has 0 aliphatic carbocycles. The van der Waals surface area contributed by atoms with Gasteiger partial charge in [-0.2, -0.15) is 13.2 Å². The Balaban J connectivity index is 1.85. The predicted octanol–water partition coefficient (Wildman–Crippen LogP) is 4.16. The second-order valence-electron chi connectivity index (χ2n) is 6.23. The van der Waals surface area contributed by atoms with Crippen LogP contribution in [-0.2, 0) is 6.18 Å². The normalized spacial score (nSPS) is 12.6. The highest BCUT2D eigenvalue weighted by Crippen LogP contribution is 2.32. The number of ether oxygens (including phenoxy) is 1. The molecule has 0 saturated heterocycles. The molecule has 3 aromatic rings. The van der Waals surface area contributed by atoms with Crippen LogP contribution in [0, 0.1) is 0 Å². The Hall–Kier alpha value is -3.13. The molecule has 0 fully saturated rings. The van der Waals surface area contributed by atoms with Crippen molar-refractivity contribution < 1.29 is 27.8 Å². The zero-order valence-electron chi connectivity index (χ0n) is 14.8. The number of carbonyl (C=O) groups is 1. The number of rotatable bonds is 5. The molecule has 0 bridgehead atoms. The van der Waals surface area contributed by atoms with E-state index >= 15 is 0 Å². The summed E-state index contributed by atoms with van der Waals surface area (Å²) < 4.78 is 43.6. The minimum atomic E-state index is -4.42. The van der Waals surface area contributed by atoms with E-state index in [1.54, 1.807) is 31.2 Å². The first-order chi connectivity index (χ1) is 13.3. The van der Waals surface area contributed by atoms with Crippen molar-refractivity contribution in [1.82, 2.24) is 10.3 Å². The van der Waals surface area contributed by atoms with E-state index < -0.39 is 11.7 Å². The van der Waals surface area contributed by atoms with Gasteiger partial charge in [0.15, 0.2) is 0 Å². The number of hydrogen-bond acceptors (Lipinski definition) is 4. The number of alkyl halides is 3. The fourth-order valence-corrected chi connectivity index (χ4v) is 2.55. The number of halogens is 3. The molecule has 0 aliphatic rings. The smallest absolute Gasteiger partial charge is 0.416 e. The standard InChI is InChI=1S/C20H17F3N2O3/c1-12(11-26)25-18(27)14-2-7-17-13(10-14)8-9-24-19(17)28-16-5-3-15(4-6-16)20(21,22)23/h2-10,12,26H,11H2,1H3,(H,25,27)/t12-/m1/s1. The van der Waals surface area contributed by atoms with E-state index in [4.69, 9.17) is 9.84 Å². The summed E-state index contributed by atoms with van der Waals surface area (Å²) in [6.45, 7) is 1.51. The van der Waals surface area contributed by atoms with Crippen molar-refractivity contribution in [3.8, 4) is 11.6 Å². The highest BCUT2D eigenvalue weighted by Gasteiger charge is 2.30. The van der Waals surface area contributed by atoms with Gasteiger partial charge in [0.1, 0.15) is 5.75 Å². The second kappa shape index (κ2) is 7.85. The van der Waals surface area contributed by atoms with Crippen LogP contribution in [0.1, 0.15) is 22.8 Å². The van der Waals surface area contributed by atoms with E-state index in [0.29, 0.717) is 16.3 Å². The quantitative estimate of drug-likeness (QED) is 0.686. The first kappa shape index (κ1) is 19.6. The van der Waals surface area contributed by atoms with Gasteiger partial charge >= 0.3 is 6.18 Å². The third kappa shape index (κ3) is 4.40. The molecule has 1 aromatic heterocycles. The molecule has 1 atom stereocenters. The average Bonchev–Trinajstić information content (AvgIpc) is 2.67. The van der Waals surface area contributed by atoms with Gasteiger partial charge in [0.2, 0.25) is 5.88 Å². The van der Waals surface area contributed by atoms with Gasteiger partial charge in [0.25, 0.3) is 5.91 Å². The highest BCUT2D eigenvalue weighted by molar-refractivity contribution is 5.99. The largest absolute Gasteiger partial charge is 0.438 e. The van der Waals surface area contributed by atoms with Gasteiger partial charge < -0.3 is 15.2 Å². The molecular formula is C20H17F3N2O3. The third-order valence-corrected chi connectivity index (χ3v) is 4.04. The van der Waals surface area contributed by atoms with Crippen LogP contribution < -0.4 is 10.1 Å². The minimum absolute atomic E-state index is 0.172. The van der Waals surface area contributed by atoms with Gasteiger partial charge in [-0.05, 0) is 60.8 Å². The van der Waals surface area contributed by atoms with Gasteiger partial charge in [-0.3, -0.25) is 4.79 Å². The maximum absolute atomic E-state index is 12.7. The van der Waals surface area contributed by atoms with Gasteiger partial charge in [-0.1, -0.05) is 0 Å². The fourth-order valence-electron chi connectivity index (χ4n) is 2.55. The van der Waals surface area contributed by atoms with Crippen LogP contribution in [0.4, 0.5) is 13.2 Å². The first-order valence-electron chi connectivity index (χ1n) is 8.43. The van der Waals surface area contributed by atoms with Gasteiger partial charge in [0, 0.05) is 23.2 Å². The lowest BCUT2D eigenvalue weighted by molar-refractivity contribution is -0.137. The molecule has 0 unspecified atom stereocenters. The van der Waals surface area contributed by atoms with Crippen molar-refractivity contribution in [1.29, 1.82) is 0 Å². The number of aromatic nitrogens is 1. The lowest BCUT2D eigenvalue weighted by Crippen LogP contribution is -2.34. The number of fused-ring (bicyclic) bond motifs is 1. The summed E-state index contributed by atoms with van der Waals surface area (Å²) in [6.07, 6.45) is -2.93. The predicted molar refractivity (Wildman–Crippen MR) is 97.3 cm³/mol.